The summed E-state index contributed by atoms with van der Waals surface area (Å²) in [5.74, 6) is -0.00970. The third kappa shape index (κ3) is 3.49. The molecule has 28 heavy (non-hydrogen) atoms. The number of hydrogen-bond donors (Lipinski definition) is 1. The first-order valence-electron chi connectivity index (χ1n) is 8.73. The van der Waals surface area contributed by atoms with Crippen molar-refractivity contribution in [3.05, 3.63) is 34.6 Å². The Kier molecular flexibility index (Phi) is 5.46. The molecule has 10 heteroatoms. The van der Waals surface area contributed by atoms with E-state index in [0.717, 1.165) is 4.90 Å². The van der Waals surface area contributed by atoms with E-state index in [0.29, 0.717) is 18.3 Å². The normalized spacial score (nSPS) is 19.8. The number of imide groups is 1. The van der Waals surface area contributed by atoms with Crippen molar-refractivity contribution in [2.45, 2.75) is 19.9 Å². The fourth-order valence-corrected chi connectivity index (χ4v) is 3.27. The molecule has 2 heterocycles. The van der Waals surface area contributed by atoms with Crippen LogP contribution in [-0.2, 0) is 4.79 Å². The molecule has 3 rings (SSSR count). The number of nitrogens with one attached hydrogen (secondary N) is 1. The van der Waals surface area contributed by atoms with E-state index in [1.807, 2.05) is 13.8 Å². The van der Waals surface area contributed by atoms with Crippen LogP contribution in [0.1, 0.15) is 19.4 Å². The molecule has 3 amide bonds. The van der Waals surface area contributed by atoms with Crippen molar-refractivity contribution in [1.82, 2.24) is 15.2 Å². The number of aliphatic imine (C=N–C) groups is 1. The minimum Gasteiger partial charge on any atom is -0.270 e. The van der Waals surface area contributed by atoms with Crippen LogP contribution in [0, 0.1) is 11.7 Å². The second-order valence-corrected chi connectivity index (χ2v) is 7.39. The number of fused-ring (bicyclic) bond motifs is 1. The third-order valence-corrected chi connectivity index (χ3v) is 4.78. The zero-order chi connectivity index (χ0) is 20.6. The predicted molar refractivity (Wildman–Crippen MR) is 104 cm³/mol. The summed E-state index contributed by atoms with van der Waals surface area (Å²) in [6, 6.07) is 3.18. The Bertz CT molecular complexity index is 906. The van der Waals surface area contributed by atoms with Gasteiger partial charge in [-0.2, -0.15) is 5.43 Å². The van der Waals surface area contributed by atoms with Crippen LogP contribution >= 0.6 is 11.6 Å². The number of amides is 3. The first kappa shape index (κ1) is 19.9. The van der Waals surface area contributed by atoms with Crippen LogP contribution in [0.2, 0.25) is 5.02 Å². The Morgan fingerprint density at radius 1 is 1.36 bits per heavy atom. The van der Waals surface area contributed by atoms with E-state index in [4.69, 9.17) is 11.6 Å². The molecule has 0 saturated carbocycles. The quantitative estimate of drug-likeness (QED) is 0.469. The standard InChI is InChI=1S/C18H20ClFN6O2/c1-10(2)9-26-14-15(24(3)18(28)25(4)16(14)27)22-17(26)23-21-8-11-12(19)6-5-7-13(11)20/h5-8,10,14H,9H2,1-4H3/p+1/b21-8+. The van der Waals surface area contributed by atoms with Crippen LogP contribution in [0.3, 0.4) is 0 Å². The number of urea groups is 1. The lowest BCUT2D eigenvalue weighted by Crippen LogP contribution is -2.61. The lowest BCUT2D eigenvalue weighted by atomic mass is 10.1. The number of hydrogen-bond acceptors (Lipinski definition) is 5. The van der Waals surface area contributed by atoms with Gasteiger partial charge < -0.3 is 0 Å². The zero-order valence-corrected chi connectivity index (χ0v) is 16.7. The van der Waals surface area contributed by atoms with E-state index in [2.05, 4.69) is 15.5 Å². The minimum absolute atomic E-state index is 0.138. The lowest BCUT2D eigenvalue weighted by Gasteiger charge is -2.32. The topological polar surface area (TPSA) is 80.4 Å². The lowest BCUT2D eigenvalue weighted by molar-refractivity contribution is -0.543. The number of benzene rings is 1. The summed E-state index contributed by atoms with van der Waals surface area (Å²) in [6.07, 6.45) is 1.25. The molecule has 1 aromatic carbocycles. The summed E-state index contributed by atoms with van der Waals surface area (Å²) in [4.78, 5) is 31.7. The zero-order valence-electron chi connectivity index (χ0n) is 16.0. The number of hydrazone groups is 1. The van der Waals surface area contributed by atoms with Crippen molar-refractivity contribution in [3.63, 3.8) is 0 Å². The molecule has 1 aromatic rings. The number of nitrogens with zero attached hydrogens (tertiary/aromatic N) is 5. The number of guanidine groups is 1. The van der Waals surface area contributed by atoms with Crippen LogP contribution in [0.15, 0.2) is 28.3 Å². The Hall–Kier alpha value is -2.81. The number of carbonyl (C=O) groups is 2. The van der Waals surface area contributed by atoms with Gasteiger partial charge in [0.1, 0.15) is 5.82 Å². The highest BCUT2D eigenvalue weighted by atomic mass is 35.5. The van der Waals surface area contributed by atoms with E-state index in [1.54, 1.807) is 17.7 Å². The fraction of sp³-hybridized carbons (Fsp3) is 0.389. The van der Waals surface area contributed by atoms with E-state index >= 15 is 0 Å². The van der Waals surface area contributed by atoms with Gasteiger partial charge >= 0.3 is 12.0 Å². The molecule has 2 aliphatic rings. The van der Waals surface area contributed by atoms with E-state index in [1.165, 1.54) is 30.3 Å². The Balaban J connectivity index is 1.94. The average molecular weight is 408 g/mol. The predicted octanol–water partition coefficient (Wildman–Crippen LogP) is 1.73. The molecular weight excluding hydrogens is 387 g/mol. The van der Waals surface area contributed by atoms with Gasteiger partial charge in [0.05, 0.1) is 23.3 Å². The van der Waals surface area contributed by atoms with Gasteiger partial charge in [0, 0.05) is 14.1 Å². The maximum absolute atomic E-state index is 13.9. The van der Waals surface area contributed by atoms with Gasteiger partial charge in [0.2, 0.25) is 11.9 Å². The van der Waals surface area contributed by atoms with Gasteiger partial charge in [-0.15, -0.1) is 5.10 Å². The summed E-state index contributed by atoms with van der Waals surface area (Å²) in [5.41, 5.74) is 2.90. The Morgan fingerprint density at radius 2 is 2.07 bits per heavy atom. The maximum atomic E-state index is 13.9. The van der Waals surface area contributed by atoms with Crippen molar-refractivity contribution in [2.24, 2.45) is 16.0 Å². The molecule has 1 saturated heterocycles. The summed E-state index contributed by atoms with van der Waals surface area (Å²) < 4.78 is 15.6. The second kappa shape index (κ2) is 7.67. The molecule has 1 atom stereocenters. The Labute approximate surface area is 167 Å². The van der Waals surface area contributed by atoms with Gasteiger partial charge in [0.15, 0.2) is 0 Å². The van der Waals surface area contributed by atoms with Crippen LogP contribution in [-0.4, -0.2) is 71.0 Å². The second-order valence-electron chi connectivity index (χ2n) is 6.99. The number of likely N-dealkylation sites (N-methyl/N-ethyl adjacent to an activating group) is 2. The van der Waals surface area contributed by atoms with Crippen molar-refractivity contribution >= 4 is 41.5 Å². The molecule has 0 bridgehead atoms. The number of amidine groups is 1. The molecule has 148 valence electrons. The van der Waals surface area contributed by atoms with E-state index in [-0.39, 0.29) is 22.4 Å². The van der Waals surface area contributed by atoms with E-state index < -0.39 is 17.9 Å². The van der Waals surface area contributed by atoms with Crippen molar-refractivity contribution in [1.29, 1.82) is 0 Å². The monoisotopic (exact) mass is 407 g/mol. The van der Waals surface area contributed by atoms with E-state index in [9.17, 15) is 14.0 Å². The summed E-state index contributed by atoms with van der Waals surface area (Å²) >= 11 is 5.99. The van der Waals surface area contributed by atoms with Gasteiger partial charge in [-0.25, -0.2) is 13.8 Å². The van der Waals surface area contributed by atoms with Crippen LogP contribution in [0.4, 0.5) is 9.18 Å². The highest BCUT2D eigenvalue weighted by Crippen LogP contribution is 2.20. The highest BCUT2D eigenvalue weighted by molar-refractivity contribution is 6.33. The summed E-state index contributed by atoms with van der Waals surface area (Å²) in [5, 5.41) is 4.26. The van der Waals surface area contributed by atoms with Crippen LogP contribution < -0.4 is 5.43 Å². The SMILES string of the molecule is CC(C)C[N+]1=C(N/N=C/c2c(F)cccc2Cl)N=C2C1C(=O)N(C)C(=O)N2C. The first-order chi connectivity index (χ1) is 13.2. The summed E-state index contributed by atoms with van der Waals surface area (Å²) in [7, 11) is 3.01. The minimum atomic E-state index is -0.718. The van der Waals surface area contributed by atoms with Crippen molar-refractivity contribution in [3.8, 4) is 0 Å². The molecule has 1 N–H and O–H groups in total. The smallest absolute Gasteiger partial charge is 0.270 e. The van der Waals surface area contributed by atoms with Gasteiger partial charge in [0.25, 0.3) is 5.91 Å². The molecule has 0 radical (unpaired) electrons. The highest BCUT2D eigenvalue weighted by Gasteiger charge is 2.51. The number of halogens is 2. The Morgan fingerprint density at radius 3 is 2.71 bits per heavy atom. The third-order valence-electron chi connectivity index (χ3n) is 4.45. The van der Waals surface area contributed by atoms with Gasteiger partial charge in [-0.3, -0.25) is 14.6 Å². The molecule has 1 unspecified atom stereocenters. The summed E-state index contributed by atoms with van der Waals surface area (Å²) in [6.45, 7) is 4.52. The average Bonchev–Trinajstić information content (AvgIpc) is 2.98. The van der Waals surface area contributed by atoms with Crippen LogP contribution in [0.5, 0.6) is 0 Å². The number of rotatable bonds is 4. The first-order valence-corrected chi connectivity index (χ1v) is 9.10. The van der Waals surface area contributed by atoms with Crippen LogP contribution in [0.25, 0.3) is 0 Å². The molecule has 1 fully saturated rings. The molecular formula is C18H21ClFN6O2+. The molecule has 0 aromatic heterocycles. The molecule has 0 aliphatic carbocycles. The molecule has 8 nitrogen and oxygen atoms in total. The molecule has 2 aliphatic heterocycles. The van der Waals surface area contributed by atoms with Crippen molar-refractivity contribution < 1.29 is 18.6 Å². The fourth-order valence-electron chi connectivity index (χ4n) is 3.06. The van der Waals surface area contributed by atoms with Gasteiger partial charge in [-0.05, 0) is 18.1 Å². The maximum Gasteiger partial charge on any atom is 0.413 e. The van der Waals surface area contributed by atoms with Gasteiger partial charge in [-0.1, -0.05) is 36.5 Å². The largest absolute Gasteiger partial charge is 0.413 e. The number of carbonyl (C=O) groups excluding carboxylic acids is 2. The molecule has 0 spiro atoms. The van der Waals surface area contributed by atoms with Crippen molar-refractivity contribution in [2.75, 3.05) is 20.6 Å².